The van der Waals surface area contributed by atoms with Crippen LogP contribution in [0.1, 0.15) is 36.8 Å². The van der Waals surface area contributed by atoms with Gasteiger partial charge in [0.1, 0.15) is 5.54 Å². The summed E-state index contributed by atoms with van der Waals surface area (Å²) >= 11 is 0. The summed E-state index contributed by atoms with van der Waals surface area (Å²) in [7, 11) is 0. The van der Waals surface area contributed by atoms with E-state index in [0.717, 1.165) is 25.9 Å². The van der Waals surface area contributed by atoms with Gasteiger partial charge in [0.25, 0.3) is 0 Å². The molecule has 0 amide bonds. The zero-order chi connectivity index (χ0) is 17.7. The van der Waals surface area contributed by atoms with Gasteiger partial charge in [0, 0.05) is 19.1 Å². The smallest absolute Gasteiger partial charge is 0.323 e. The molecule has 1 aliphatic rings. The van der Waals surface area contributed by atoms with E-state index in [4.69, 9.17) is 5.73 Å². The third-order valence-corrected chi connectivity index (χ3v) is 5.25. The number of hydrogen-bond acceptors (Lipinski definition) is 3. The Morgan fingerprint density at radius 1 is 0.926 bits per heavy atom. The number of aliphatic carboxylic acids is 1. The molecule has 27 heavy (non-hydrogen) atoms. The van der Waals surface area contributed by atoms with Gasteiger partial charge in [-0.3, -0.25) is 9.69 Å². The Hall–Kier alpha value is -1.59. The summed E-state index contributed by atoms with van der Waals surface area (Å²) < 4.78 is 0. The minimum Gasteiger partial charge on any atom is -0.480 e. The minimum atomic E-state index is -1.05. The van der Waals surface area contributed by atoms with Crippen LogP contribution in [0.2, 0.25) is 0 Å². The van der Waals surface area contributed by atoms with Crippen molar-refractivity contribution in [3.05, 3.63) is 71.8 Å². The highest BCUT2D eigenvalue weighted by Crippen LogP contribution is 2.31. The fourth-order valence-corrected chi connectivity index (χ4v) is 3.65. The van der Waals surface area contributed by atoms with Crippen molar-refractivity contribution in [2.75, 3.05) is 0 Å². The van der Waals surface area contributed by atoms with Crippen molar-refractivity contribution in [2.45, 2.75) is 50.4 Å². The lowest BCUT2D eigenvalue weighted by Gasteiger charge is -2.39. The van der Waals surface area contributed by atoms with E-state index >= 15 is 0 Å². The summed E-state index contributed by atoms with van der Waals surface area (Å²) in [6, 6.07) is 21.2. The zero-order valence-electron chi connectivity index (χ0n) is 15.3. The van der Waals surface area contributed by atoms with Crippen molar-refractivity contribution in [1.29, 1.82) is 0 Å². The molecule has 1 aliphatic carbocycles. The summed E-state index contributed by atoms with van der Waals surface area (Å²) in [5.74, 6) is -0.872. The normalized spacial score (nSPS) is 21.8. The molecule has 0 spiro atoms. The third kappa shape index (κ3) is 6.22. The topological polar surface area (TPSA) is 66.6 Å². The molecule has 0 aliphatic heterocycles. The summed E-state index contributed by atoms with van der Waals surface area (Å²) in [6.07, 6.45) is 2.71. The van der Waals surface area contributed by atoms with Gasteiger partial charge in [-0.2, -0.15) is 0 Å². The maximum absolute atomic E-state index is 11.4. The fourth-order valence-electron chi connectivity index (χ4n) is 3.65. The van der Waals surface area contributed by atoms with Gasteiger partial charge in [-0.15, -0.1) is 24.8 Å². The van der Waals surface area contributed by atoms with Crippen molar-refractivity contribution in [3.63, 3.8) is 0 Å². The first-order valence-corrected chi connectivity index (χ1v) is 8.91. The molecule has 1 saturated carbocycles. The number of nitrogens with two attached hydrogens (primary N) is 1. The van der Waals surface area contributed by atoms with E-state index in [2.05, 4.69) is 53.4 Å². The molecule has 4 nitrogen and oxygen atoms in total. The summed E-state index contributed by atoms with van der Waals surface area (Å²) in [6.45, 7) is 1.73. The van der Waals surface area contributed by atoms with Crippen LogP contribution in [0.25, 0.3) is 0 Å². The molecular weight excluding hydrogens is 383 g/mol. The highest BCUT2D eigenvalue weighted by Gasteiger charge is 2.39. The van der Waals surface area contributed by atoms with E-state index in [9.17, 15) is 9.90 Å². The van der Waals surface area contributed by atoms with E-state index in [0.29, 0.717) is 18.9 Å². The maximum Gasteiger partial charge on any atom is 0.323 e. The predicted octanol–water partition coefficient (Wildman–Crippen LogP) is 4.26. The van der Waals surface area contributed by atoms with Crippen molar-refractivity contribution < 1.29 is 9.90 Å². The van der Waals surface area contributed by atoms with Crippen molar-refractivity contribution in [1.82, 2.24) is 4.90 Å². The molecule has 6 heteroatoms. The Morgan fingerprint density at radius 3 is 1.70 bits per heavy atom. The number of carboxylic acid groups (broad SMARTS) is 1. The molecule has 0 saturated heterocycles. The highest BCUT2D eigenvalue weighted by molar-refractivity contribution is 5.85. The molecule has 0 bridgehead atoms. The Labute approximate surface area is 173 Å². The molecule has 0 atom stereocenters. The first-order chi connectivity index (χ1) is 12.1. The molecule has 0 radical (unpaired) electrons. The van der Waals surface area contributed by atoms with Gasteiger partial charge >= 0.3 is 5.97 Å². The lowest BCUT2D eigenvalue weighted by molar-refractivity contribution is -0.145. The molecule has 3 rings (SSSR count). The lowest BCUT2D eigenvalue weighted by atomic mass is 9.79. The largest absolute Gasteiger partial charge is 0.480 e. The summed E-state index contributed by atoms with van der Waals surface area (Å²) in [4.78, 5) is 13.9. The third-order valence-electron chi connectivity index (χ3n) is 5.25. The standard InChI is InChI=1S/C21H26N2O2.2ClH/c22-21(20(24)25)13-11-19(12-14-21)23(15-17-7-3-1-4-8-17)16-18-9-5-2-6-10-18;;/h1-10,19H,11-16,22H2,(H,24,25);2*1H/t19-,21-;;. The van der Waals surface area contributed by atoms with Crippen LogP contribution in [-0.4, -0.2) is 27.6 Å². The summed E-state index contributed by atoms with van der Waals surface area (Å²) in [5.41, 5.74) is 7.56. The highest BCUT2D eigenvalue weighted by atomic mass is 35.5. The molecule has 2 aromatic carbocycles. The maximum atomic E-state index is 11.4. The van der Waals surface area contributed by atoms with Gasteiger partial charge in [-0.1, -0.05) is 60.7 Å². The van der Waals surface area contributed by atoms with E-state index in [-0.39, 0.29) is 24.8 Å². The van der Waals surface area contributed by atoms with Crippen LogP contribution >= 0.6 is 24.8 Å². The van der Waals surface area contributed by atoms with Crippen LogP contribution in [0.4, 0.5) is 0 Å². The Bertz CT molecular complexity index is 648. The van der Waals surface area contributed by atoms with Gasteiger partial charge < -0.3 is 10.8 Å². The van der Waals surface area contributed by atoms with E-state index in [1.54, 1.807) is 0 Å². The number of halogens is 2. The number of hydrogen-bond donors (Lipinski definition) is 2. The van der Waals surface area contributed by atoms with Crippen LogP contribution < -0.4 is 5.73 Å². The number of carbonyl (C=O) groups is 1. The molecule has 0 aromatic heterocycles. The molecule has 1 fully saturated rings. The van der Waals surface area contributed by atoms with Crippen LogP contribution in [0.5, 0.6) is 0 Å². The Balaban J connectivity index is 0.00000182. The quantitative estimate of drug-likeness (QED) is 0.746. The second-order valence-corrected chi connectivity index (χ2v) is 7.07. The van der Waals surface area contributed by atoms with Crippen LogP contribution in [0, 0.1) is 0 Å². The zero-order valence-corrected chi connectivity index (χ0v) is 16.9. The molecule has 0 heterocycles. The van der Waals surface area contributed by atoms with E-state index in [1.807, 2.05) is 12.1 Å². The van der Waals surface area contributed by atoms with E-state index < -0.39 is 11.5 Å². The Morgan fingerprint density at radius 2 is 1.33 bits per heavy atom. The van der Waals surface area contributed by atoms with Crippen molar-refractivity contribution in [3.8, 4) is 0 Å². The molecule has 2 aromatic rings. The lowest BCUT2D eigenvalue weighted by Crippen LogP contribution is -2.53. The van der Waals surface area contributed by atoms with Gasteiger partial charge in [0.05, 0.1) is 0 Å². The molecular formula is C21H28Cl2N2O2. The van der Waals surface area contributed by atoms with Gasteiger partial charge in [-0.25, -0.2) is 0 Å². The molecule has 0 unspecified atom stereocenters. The van der Waals surface area contributed by atoms with Crippen LogP contribution in [0.15, 0.2) is 60.7 Å². The predicted molar refractivity (Wildman–Crippen MR) is 113 cm³/mol. The van der Waals surface area contributed by atoms with Crippen LogP contribution in [0.3, 0.4) is 0 Å². The van der Waals surface area contributed by atoms with Gasteiger partial charge in [0.2, 0.25) is 0 Å². The number of carboxylic acids is 1. The summed E-state index contributed by atoms with van der Waals surface area (Å²) in [5, 5.41) is 9.35. The fraction of sp³-hybridized carbons (Fsp3) is 0.381. The Kier molecular flexibility index (Phi) is 9.27. The first kappa shape index (κ1) is 23.4. The number of rotatable bonds is 6. The van der Waals surface area contributed by atoms with Gasteiger partial charge in [-0.05, 0) is 36.8 Å². The second-order valence-electron chi connectivity index (χ2n) is 7.07. The second kappa shape index (κ2) is 10.7. The van der Waals surface area contributed by atoms with Crippen molar-refractivity contribution in [2.24, 2.45) is 5.73 Å². The molecule has 3 N–H and O–H groups in total. The monoisotopic (exact) mass is 410 g/mol. The minimum absolute atomic E-state index is 0. The average Bonchev–Trinajstić information content (AvgIpc) is 2.63. The average molecular weight is 411 g/mol. The molecule has 148 valence electrons. The SMILES string of the molecule is Cl.Cl.N[C@]1(C(=O)O)CC[C@@H](N(Cc2ccccc2)Cc2ccccc2)CC1. The number of nitrogens with zero attached hydrogens (tertiary/aromatic N) is 1. The van der Waals surface area contributed by atoms with Crippen LogP contribution in [-0.2, 0) is 17.9 Å². The van der Waals surface area contributed by atoms with E-state index in [1.165, 1.54) is 11.1 Å². The van der Waals surface area contributed by atoms with Gasteiger partial charge in [0.15, 0.2) is 0 Å². The first-order valence-electron chi connectivity index (χ1n) is 8.91. The number of benzene rings is 2. The van der Waals surface area contributed by atoms with Crippen molar-refractivity contribution >= 4 is 30.8 Å².